The molecule has 0 aromatic heterocycles. The molecule has 1 aromatic rings. The van der Waals surface area contributed by atoms with Crippen LogP contribution in [-0.4, -0.2) is 41.1 Å². The molecule has 122 valence electrons. The molecule has 3 rings (SSSR count). The molecule has 23 heavy (non-hydrogen) atoms. The molecule has 2 saturated carbocycles. The van der Waals surface area contributed by atoms with Crippen LogP contribution in [0.5, 0.6) is 0 Å². The largest absolute Gasteiger partial charge is 0.480 e. The molecule has 0 amide bonds. The highest BCUT2D eigenvalue weighted by Crippen LogP contribution is 2.35. The number of carboxylic acid groups (broad SMARTS) is 1. The lowest BCUT2D eigenvalue weighted by Gasteiger charge is -2.43. The molecule has 1 aromatic carbocycles. The molecular weight excluding hydrogens is 297 g/mol. The number of carbonyl (C=O) groups is 1. The van der Waals surface area contributed by atoms with Gasteiger partial charge in [0.2, 0.25) is 0 Å². The number of rotatable bonds is 7. The topological polar surface area (TPSA) is 76.4 Å². The maximum Gasteiger partial charge on any atom is 0.317 e. The summed E-state index contributed by atoms with van der Waals surface area (Å²) in [6, 6.07) is 6.86. The van der Waals surface area contributed by atoms with E-state index in [0.29, 0.717) is 11.6 Å². The number of nitrogens with one attached hydrogen (secondary N) is 1. The Morgan fingerprint density at radius 2 is 2.17 bits per heavy atom. The van der Waals surface area contributed by atoms with Crippen LogP contribution >= 0.6 is 0 Å². The molecule has 0 bridgehead atoms. The van der Waals surface area contributed by atoms with E-state index < -0.39 is 11.8 Å². The van der Waals surface area contributed by atoms with Crippen molar-refractivity contribution in [2.45, 2.75) is 37.8 Å². The second-order valence-corrected chi connectivity index (χ2v) is 6.51. The van der Waals surface area contributed by atoms with E-state index >= 15 is 0 Å². The normalized spacial score (nSPS) is 23.2. The van der Waals surface area contributed by atoms with E-state index in [2.05, 4.69) is 10.2 Å². The second kappa shape index (κ2) is 6.55. The van der Waals surface area contributed by atoms with Crippen molar-refractivity contribution >= 4 is 11.7 Å². The zero-order valence-electron chi connectivity index (χ0n) is 12.8. The minimum absolute atomic E-state index is 0.0383. The number of benzene rings is 1. The molecule has 5 nitrogen and oxygen atoms in total. The molecule has 0 heterocycles. The first-order chi connectivity index (χ1) is 11.1. The van der Waals surface area contributed by atoms with E-state index in [0.717, 1.165) is 19.4 Å². The summed E-state index contributed by atoms with van der Waals surface area (Å²) in [7, 11) is 0. The summed E-state index contributed by atoms with van der Waals surface area (Å²) in [5, 5.41) is 21.3. The average molecular weight is 317 g/mol. The molecule has 0 saturated heterocycles. The van der Waals surface area contributed by atoms with Gasteiger partial charge in [0.1, 0.15) is 17.4 Å². The molecule has 2 aliphatic rings. The summed E-state index contributed by atoms with van der Waals surface area (Å²) in [5.74, 6) is -0.664. The van der Waals surface area contributed by atoms with Crippen molar-refractivity contribution in [1.82, 2.24) is 4.90 Å². The first-order valence-electron chi connectivity index (χ1n) is 7.97. The van der Waals surface area contributed by atoms with Crippen LogP contribution in [0.25, 0.3) is 0 Å². The van der Waals surface area contributed by atoms with E-state index in [4.69, 9.17) is 10.4 Å². The number of nitriles is 1. The highest BCUT2D eigenvalue weighted by molar-refractivity contribution is 5.69. The third-order valence-corrected chi connectivity index (χ3v) is 4.64. The lowest BCUT2D eigenvalue weighted by molar-refractivity contribution is -0.139. The fourth-order valence-corrected chi connectivity index (χ4v) is 3.13. The predicted molar refractivity (Wildman–Crippen MR) is 83.5 cm³/mol. The number of nitrogens with zero attached hydrogens (tertiary/aromatic N) is 2. The standard InChI is InChI=1S/C17H20FN3O2/c18-15-2-1-3-16(14(15)8-19)20-12-6-13(7-12)21(10-17(22)23)9-11-4-5-11/h1-3,11-13,20H,4-7,9-10H2,(H,22,23). The second-order valence-electron chi connectivity index (χ2n) is 6.51. The van der Waals surface area contributed by atoms with E-state index in [9.17, 15) is 9.18 Å². The van der Waals surface area contributed by atoms with E-state index in [-0.39, 0.29) is 24.2 Å². The fraction of sp³-hybridized carbons (Fsp3) is 0.529. The number of anilines is 1. The van der Waals surface area contributed by atoms with Gasteiger partial charge in [-0.15, -0.1) is 0 Å². The number of hydrogen-bond acceptors (Lipinski definition) is 4. The summed E-state index contributed by atoms with van der Waals surface area (Å²) < 4.78 is 13.6. The van der Waals surface area contributed by atoms with Crippen LogP contribution in [-0.2, 0) is 4.79 Å². The third kappa shape index (κ3) is 3.80. The van der Waals surface area contributed by atoms with Crippen molar-refractivity contribution in [1.29, 1.82) is 5.26 Å². The Hall–Kier alpha value is -2.13. The van der Waals surface area contributed by atoms with Crippen LogP contribution in [0.3, 0.4) is 0 Å². The van der Waals surface area contributed by atoms with Crippen LogP contribution in [0.2, 0.25) is 0 Å². The molecule has 0 spiro atoms. The number of halogens is 1. The van der Waals surface area contributed by atoms with Gasteiger partial charge in [-0.3, -0.25) is 9.69 Å². The average Bonchev–Trinajstić information content (AvgIpc) is 3.25. The maximum atomic E-state index is 13.6. The van der Waals surface area contributed by atoms with E-state index in [1.54, 1.807) is 12.1 Å². The van der Waals surface area contributed by atoms with E-state index in [1.165, 1.54) is 18.9 Å². The Kier molecular flexibility index (Phi) is 4.49. The first kappa shape index (κ1) is 15.8. The summed E-state index contributed by atoms with van der Waals surface area (Å²) in [4.78, 5) is 13.1. The van der Waals surface area contributed by atoms with Gasteiger partial charge in [-0.05, 0) is 43.7 Å². The minimum atomic E-state index is -0.793. The van der Waals surface area contributed by atoms with Crippen molar-refractivity contribution in [3.63, 3.8) is 0 Å². The molecule has 2 N–H and O–H groups in total. The van der Waals surface area contributed by atoms with Crippen LogP contribution < -0.4 is 5.32 Å². The molecule has 0 atom stereocenters. The van der Waals surface area contributed by atoms with Gasteiger partial charge in [0, 0.05) is 18.6 Å². The zero-order valence-corrected chi connectivity index (χ0v) is 12.8. The van der Waals surface area contributed by atoms with Gasteiger partial charge in [0.05, 0.1) is 12.2 Å². The molecular formula is C17H20FN3O2. The van der Waals surface area contributed by atoms with Gasteiger partial charge < -0.3 is 10.4 Å². The molecule has 6 heteroatoms. The molecule has 0 unspecified atom stereocenters. The summed E-state index contributed by atoms with van der Waals surface area (Å²) in [6.45, 7) is 0.935. The van der Waals surface area contributed by atoms with Crippen LogP contribution in [0.15, 0.2) is 18.2 Å². The van der Waals surface area contributed by atoms with Gasteiger partial charge in [0.25, 0.3) is 0 Å². The highest BCUT2D eigenvalue weighted by Gasteiger charge is 2.37. The molecule has 2 aliphatic carbocycles. The Morgan fingerprint density at radius 3 is 2.78 bits per heavy atom. The number of hydrogen-bond donors (Lipinski definition) is 2. The van der Waals surface area contributed by atoms with Gasteiger partial charge >= 0.3 is 5.97 Å². The minimum Gasteiger partial charge on any atom is -0.480 e. The van der Waals surface area contributed by atoms with Gasteiger partial charge in [0.15, 0.2) is 0 Å². The van der Waals surface area contributed by atoms with Crippen molar-refractivity contribution in [3.8, 4) is 6.07 Å². The smallest absolute Gasteiger partial charge is 0.317 e. The maximum absolute atomic E-state index is 13.6. The SMILES string of the molecule is N#Cc1c(F)cccc1NC1CC(N(CC(=O)O)CC2CC2)C1. The summed E-state index contributed by atoms with van der Waals surface area (Å²) in [5.41, 5.74) is 0.555. The molecule has 0 radical (unpaired) electrons. The fourth-order valence-electron chi connectivity index (χ4n) is 3.13. The van der Waals surface area contributed by atoms with Crippen LogP contribution in [0, 0.1) is 23.1 Å². The Bertz CT molecular complexity index is 633. The summed E-state index contributed by atoms with van der Waals surface area (Å²) >= 11 is 0. The van der Waals surface area contributed by atoms with E-state index in [1.807, 2.05) is 6.07 Å². The van der Waals surface area contributed by atoms with Gasteiger partial charge in [-0.1, -0.05) is 6.07 Å². The zero-order chi connectivity index (χ0) is 16.4. The van der Waals surface area contributed by atoms with Crippen molar-refractivity contribution in [3.05, 3.63) is 29.6 Å². The van der Waals surface area contributed by atoms with Gasteiger partial charge in [-0.25, -0.2) is 4.39 Å². The Morgan fingerprint density at radius 1 is 1.43 bits per heavy atom. The lowest BCUT2D eigenvalue weighted by atomic mass is 9.84. The predicted octanol–water partition coefficient (Wildman–Crippen LogP) is 2.44. The number of carboxylic acids is 1. The monoisotopic (exact) mass is 317 g/mol. The van der Waals surface area contributed by atoms with Crippen molar-refractivity contribution < 1.29 is 14.3 Å². The lowest BCUT2D eigenvalue weighted by Crippen LogP contribution is -2.52. The van der Waals surface area contributed by atoms with Crippen LogP contribution in [0.4, 0.5) is 10.1 Å². The van der Waals surface area contributed by atoms with Crippen molar-refractivity contribution in [2.75, 3.05) is 18.4 Å². The summed E-state index contributed by atoms with van der Waals surface area (Å²) in [6.07, 6.45) is 4.03. The number of aliphatic carboxylic acids is 1. The Labute approximate surface area is 134 Å². The molecule has 0 aliphatic heterocycles. The van der Waals surface area contributed by atoms with Crippen molar-refractivity contribution in [2.24, 2.45) is 5.92 Å². The quantitative estimate of drug-likeness (QED) is 0.808. The molecule has 2 fully saturated rings. The highest BCUT2D eigenvalue weighted by atomic mass is 19.1. The van der Waals surface area contributed by atoms with Crippen LogP contribution in [0.1, 0.15) is 31.2 Å². The Balaban J connectivity index is 1.56. The first-order valence-corrected chi connectivity index (χ1v) is 7.97. The third-order valence-electron chi connectivity index (χ3n) is 4.64. The van der Waals surface area contributed by atoms with Gasteiger partial charge in [-0.2, -0.15) is 5.26 Å².